The van der Waals surface area contributed by atoms with Gasteiger partial charge in [-0.1, -0.05) is 6.92 Å². The van der Waals surface area contributed by atoms with Crippen molar-refractivity contribution in [3.05, 3.63) is 24.2 Å². The van der Waals surface area contributed by atoms with Gasteiger partial charge in [0.05, 0.1) is 18.9 Å². The Bertz CT molecular complexity index is 301. The van der Waals surface area contributed by atoms with Crippen molar-refractivity contribution in [2.75, 3.05) is 33.4 Å². The third-order valence-electron chi connectivity index (χ3n) is 3.26. The summed E-state index contributed by atoms with van der Waals surface area (Å²) in [6, 6.07) is 4.65. The molecule has 1 heterocycles. The molecule has 1 rings (SSSR count). The van der Waals surface area contributed by atoms with Crippen molar-refractivity contribution >= 4 is 0 Å². The van der Waals surface area contributed by atoms with Gasteiger partial charge < -0.3 is 14.5 Å². The van der Waals surface area contributed by atoms with Crippen LogP contribution in [0.1, 0.15) is 32.6 Å². The molecule has 0 aromatic carbocycles. The van der Waals surface area contributed by atoms with E-state index in [1.807, 2.05) is 12.1 Å². The number of ether oxygens (including phenoxy) is 1. The standard InChI is InChI=1S/C14H26N2O2/c1-5-16(12(2)11-17-4)9-8-15-13(3)14-7-6-10-18-14/h6-7,10,12-13,15H,5,8-9,11H2,1-4H3. The summed E-state index contributed by atoms with van der Waals surface area (Å²) >= 11 is 0. The van der Waals surface area contributed by atoms with Gasteiger partial charge >= 0.3 is 0 Å². The van der Waals surface area contributed by atoms with E-state index < -0.39 is 0 Å². The fourth-order valence-corrected chi connectivity index (χ4v) is 2.10. The van der Waals surface area contributed by atoms with Crippen molar-refractivity contribution in [1.82, 2.24) is 10.2 Å². The van der Waals surface area contributed by atoms with Crippen LogP contribution in [0.4, 0.5) is 0 Å². The fraction of sp³-hybridized carbons (Fsp3) is 0.714. The topological polar surface area (TPSA) is 37.6 Å². The van der Waals surface area contributed by atoms with Crippen molar-refractivity contribution in [3.8, 4) is 0 Å². The molecule has 2 atom stereocenters. The van der Waals surface area contributed by atoms with E-state index in [0.717, 1.165) is 32.0 Å². The highest BCUT2D eigenvalue weighted by Crippen LogP contribution is 2.11. The van der Waals surface area contributed by atoms with Crippen molar-refractivity contribution < 1.29 is 9.15 Å². The molecule has 0 bridgehead atoms. The number of likely N-dealkylation sites (N-methyl/N-ethyl adjacent to an activating group) is 1. The highest BCUT2D eigenvalue weighted by Gasteiger charge is 2.12. The van der Waals surface area contributed by atoms with Crippen LogP contribution in [0, 0.1) is 0 Å². The second kappa shape index (κ2) is 8.29. The molecule has 1 N–H and O–H groups in total. The molecule has 18 heavy (non-hydrogen) atoms. The van der Waals surface area contributed by atoms with E-state index in [9.17, 15) is 0 Å². The molecule has 0 radical (unpaired) electrons. The minimum Gasteiger partial charge on any atom is -0.468 e. The molecule has 1 aromatic heterocycles. The van der Waals surface area contributed by atoms with Gasteiger partial charge in [0.15, 0.2) is 0 Å². The molecule has 0 saturated carbocycles. The van der Waals surface area contributed by atoms with Gasteiger partial charge in [-0.25, -0.2) is 0 Å². The lowest BCUT2D eigenvalue weighted by molar-refractivity contribution is 0.102. The number of hydrogen-bond donors (Lipinski definition) is 1. The van der Waals surface area contributed by atoms with Crippen LogP contribution in [0.15, 0.2) is 22.8 Å². The highest BCUT2D eigenvalue weighted by atomic mass is 16.5. The zero-order chi connectivity index (χ0) is 13.4. The smallest absolute Gasteiger partial charge is 0.120 e. The number of hydrogen-bond acceptors (Lipinski definition) is 4. The Morgan fingerprint density at radius 3 is 2.78 bits per heavy atom. The Hall–Kier alpha value is -0.840. The normalized spacial score (nSPS) is 14.9. The molecule has 104 valence electrons. The molecule has 1 aromatic rings. The Morgan fingerprint density at radius 1 is 1.44 bits per heavy atom. The van der Waals surface area contributed by atoms with Gasteiger partial charge in [-0.15, -0.1) is 0 Å². The van der Waals surface area contributed by atoms with Gasteiger partial charge in [-0.2, -0.15) is 0 Å². The Labute approximate surface area is 110 Å². The van der Waals surface area contributed by atoms with E-state index in [2.05, 4.69) is 31.0 Å². The SMILES string of the molecule is CCN(CCNC(C)c1ccco1)C(C)COC. The van der Waals surface area contributed by atoms with Gasteiger partial charge in [-0.05, 0) is 32.5 Å². The first kappa shape index (κ1) is 15.2. The number of nitrogens with one attached hydrogen (secondary N) is 1. The predicted molar refractivity (Wildman–Crippen MR) is 73.7 cm³/mol. The molecule has 0 spiro atoms. The van der Waals surface area contributed by atoms with Crippen molar-refractivity contribution in [2.24, 2.45) is 0 Å². The Kier molecular flexibility index (Phi) is 7.01. The second-order valence-electron chi connectivity index (χ2n) is 4.62. The van der Waals surface area contributed by atoms with E-state index >= 15 is 0 Å². The molecule has 4 nitrogen and oxygen atoms in total. The first-order valence-electron chi connectivity index (χ1n) is 6.68. The maximum absolute atomic E-state index is 5.37. The average molecular weight is 254 g/mol. The molecule has 4 heteroatoms. The van der Waals surface area contributed by atoms with E-state index in [4.69, 9.17) is 9.15 Å². The number of nitrogens with zero attached hydrogens (tertiary/aromatic N) is 1. The van der Waals surface area contributed by atoms with Crippen LogP contribution in [0.5, 0.6) is 0 Å². The third-order valence-corrected chi connectivity index (χ3v) is 3.26. The minimum atomic E-state index is 0.261. The largest absolute Gasteiger partial charge is 0.468 e. The van der Waals surface area contributed by atoms with Crippen LogP contribution in [0.2, 0.25) is 0 Å². The number of furan rings is 1. The van der Waals surface area contributed by atoms with Gasteiger partial charge in [-0.3, -0.25) is 4.90 Å². The maximum atomic E-state index is 5.37. The zero-order valence-corrected chi connectivity index (χ0v) is 12.0. The first-order chi connectivity index (χ1) is 8.69. The molecular formula is C14H26N2O2. The minimum absolute atomic E-state index is 0.261. The third kappa shape index (κ3) is 4.80. The average Bonchev–Trinajstić information content (AvgIpc) is 2.88. The van der Waals surface area contributed by atoms with E-state index in [-0.39, 0.29) is 6.04 Å². The molecule has 0 fully saturated rings. The van der Waals surface area contributed by atoms with Gasteiger partial charge in [0.2, 0.25) is 0 Å². The van der Waals surface area contributed by atoms with E-state index in [1.54, 1.807) is 13.4 Å². The van der Waals surface area contributed by atoms with Gasteiger partial charge in [0.1, 0.15) is 5.76 Å². The van der Waals surface area contributed by atoms with Crippen LogP contribution in [0.3, 0.4) is 0 Å². The molecule has 0 saturated heterocycles. The lowest BCUT2D eigenvalue weighted by Crippen LogP contribution is -2.40. The van der Waals surface area contributed by atoms with Crippen molar-refractivity contribution in [3.63, 3.8) is 0 Å². The Morgan fingerprint density at radius 2 is 2.22 bits per heavy atom. The lowest BCUT2D eigenvalue weighted by Gasteiger charge is -2.27. The van der Waals surface area contributed by atoms with Crippen molar-refractivity contribution in [1.29, 1.82) is 0 Å². The molecule has 0 aliphatic rings. The van der Waals surface area contributed by atoms with Crippen LogP contribution in [-0.4, -0.2) is 44.3 Å². The summed E-state index contributed by atoms with van der Waals surface area (Å²) in [6.07, 6.45) is 1.71. The number of methoxy groups -OCH3 is 1. The Balaban J connectivity index is 2.26. The molecule has 2 unspecified atom stereocenters. The summed E-state index contributed by atoms with van der Waals surface area (Å²) in [6.45, 7) is 10.3. The molecule has 0 aliphatic carbocycles. The van der Waals surface area contributed by atoms with Crippen LogP contribution in [-0.2, 0) is 4.74 Å². The first-order valence-corrected chi connectivity index (χ1v) is 6.68. The quantitative estimate of drug-likeness (QED) is 0.733. The summed E-state index contributed by atoms with van der Waals surface area (Å²) in [5.74, 6) is 0.989. The summed E-state index contributed by atoms with van der Waals surface area (Å²) < 4.78 is 10.6. The maximum Gasteiger partial charge on any atom is 0.120 e. The van der Waals surface area contributed by atoms with Crippen LogP contribution in [0.25, 0.3) is 0 Å². The fourth-order valence-electron chi connectivity index (χ4n) is 2.10. The molecular weight excluding hydrogens is 228 g/mol. The van der Waals surface area contributed by atoms with Crippen LogP contribution >= 0.6 is 0 Å². The summed E-state index contributed by atoms with van der Waals surface area (Å²) in [4.78, 5) is 2.41. The lowest BCUT2D eigenvalue weighted by atomic mass is 10.2. The molecule has 0 aliphatic heterocycles. The predicted octanol–water partition coefficient (Wildman–Crippen LogP) is 2.29. The summed E-state index contributed by atoms with van der Waals surface area (Å²) in [7, 11) is 1.75. The summed E-state index contributed by atoms with van der Waals surface area (Å²) in [5, 5.41) is 3.47. The van der Waals surface area contributed by atoms with Crippen LogP contribution < -0.4 is 5.32 Å². The van der Waals surface area contributed by atoms with Gasteiger partial charge in [0.25, 0.3) is 0 Å². The summed E-state index contributed by atoms with van der Waals surface area (Å²) in [5.41, 5.74) is 0. The van der Waals surface area contributed by atoms with Gasteiger partial charge in [0, 0.05) is 26.2 Å². The van der Waals surface area contributed by atoms with E-state index in [0.29, 0.717) is 6.04 Å². The molecule has 0 amide bonds. The number of rotatable bonds is 9. The zero-order valence-electron chi connectivity index (χ0n) is 12.0. The van der Waals surface area contributed by atoms with E-state index in [1.165, 1.54) is 0 Å². The highest BCUT2D eigenvalue weighted by molar-refractivity contribution is 5.02. The van der Waals surface area contributed by atoms with Crippen molar-refractivity contribution in [2.45, 2.75) is 32.9 Å². The second-order valence-corrected chi connectivity index (χ2v) is 4.62. The monoisotopic (exact) mass is 254 g/mol.